The molecule has 2 aromatic carbocycles. The number of carbonyl (C=O) groups is 2. The van der Waals surface area contributed by atoms with Crippen LogP contribution in [0.2, 0.25) is 0 Å². The molecule has 45 heavy (non-hydrogen) atoms. The van der Waals surface area contributed by atoms with Crippen molar-refractivity contribution in [2.24, 2.45) is 0 Å². The largest absolute Gasteiger partial charge is 0.493 e. The number of amides is 2. The monoisotopic (exact) mass is 630 g/mol. The van der Waals surface area contributed by atoms with Gasteiger partial charge in [0.1, 0.15) is 6.04 Å². The molecule has 1 atom stereocenters. The lowest BCUT2D eigenvalue weighted by atomic mass is 10.0. The molecule has 2 aromatic heterocycles. The minimum atomic E-state index is -1.10. The fraction of sp³-hybridized carbons (Fsp3) is 0.303. The Labute approximate surface area is 267 Å². The van der Waals surface area contributed by atoms with Crippen LogP contribution in [-0.2, 0) is 16.1 Å². The molecule has 1 N–H and O–H groups in total. The number of pyridine rings is 1. The number of rotatable bonds is 13. The Balaban J connectivity index is 1.80. The lowest BCUT2D eigenvalue weighted by molar-refractivity contribution is -0.137. The van der Waals surface area contributed by atoms with E-state index in [2.05, 4.69) is 20.3 Å². The van der Waals surface area contributed by atoms with Crippen molar-refractivity contribution in [3.05, 3.63) is 89.5 Å². The molecule has 0 aliphatic heterocycles. The Bertz CT molecular complexity index is 1570. The second-order valence-corrected chi connectivity index (χ2v) is 11.3. The molecule has 4 aromatic rings. The molecule has 11 nitrogen and oxygen atoms in total. The van der Waals surface area contributed by atoms with Gasteiger partial charge in [0.2, 0.25) is 11.7 Å². The van der Waals surface area contributed by atoms with Gasteiger partial charge in [-0.2, -0.15) is 0 Å². The third-order valence-corrected chi connectivity index (χ3v) is 7.73. The molecule has 1 unspecified atom stereocenters. The third kappa shape index (κ3) is 8.42. The second kappa shape index (κ2) is 15.2. The molecule has 0 fully saturated rings. The van der Waals surface area contributed by atoms with Crippen LogP contribution in [0.3, 0.4) is 0 Å². The smallest absolute Gasteiger partial charge is 0.251 e. The van der Waals surface area contributed by atoms with Crippen LogP contribution < -0.4 is 24.4 Å². The van der Waals surface area contributed by atoms with Crippen molar-refractivity contribution in [2.45, 2.75) is 31.6 Å². The molecule has 0 spiro atoms. The summed E-state index contributed by atoms with van der Waals surface area (Å²) < 4.78 is 16.8. The summed E-state index contributed by atoms with van der Waals surface area (Å²) in [5.74, 6) is 0.346. The fourth-order valence-corrected chi connectivity index (χ4v) is 5.60. The van der Waals surface area contributed by atoms with E-state index in [-0.39, 0.29) is 18.2 Å². The maximum absolute atomic E-state index is 14.3. The highest BCUT2D eigenvalue weighted by atomic mass is 32.2. The standard InChI is InChI=1S/C33H38N6O5S/c1-21-15-22(2)36-33(35-21)45-20-29(40)39(19-23-9-8-14-34-18-23)30(24-16-27(42-5)31(44-7)28(17-24)43-6)32(41)37-25-10-12-26(13-11-25)38(3)4/h8-18,30H,19-20H2,1-7H3,(H,37,41). The van der Waals surface area contributed by atoms with Gasteiger partial charge in [-0.05, 0) is 73.5 Å². The molecule has 2 amide bonds. The van der Waals surface area contributed by atoms with Gasteiger partial charge in [-0.1, -0.05) is 17.8 Å². The quantitative estimate of drug-likeness (QED) is 0.158. The zero-order chi connectivity index (χ0) is 32.5. The van der Waals surface area contributed by atoms with Gasteiger partial charge in [-0.3, -0.25) is 14.6 Å². The van der Waals surface area contributed by atoms with E-state index in [1.165, 1.54) is 38.0 Å². The minimum Gasteiger partial charge on any atom is -0.493 e. The van der Waals surface area contributed by atoms with Gasteiger partial charge in [0, 0.05) is 55.8 Å². The summed E-state index contributed by atoms with van der Waals surface area (Å²) in [4.78, 5) is 45.1. The van der Waals surface area contributed by atoms with Crippen molar-refractivity contribution in [1.29, 1.82) is 0 Å². The first-order chi connectivity index (χ1) is 21.6. The fourth-order valence-electron chi connectivity index (χ4n) is 4.76. The highest BCUT2D eigenvalue weighted by molar-refractivity contribution is 7.99. The van der Waals surface area contributed by atoms with Crippen LogP contribution in [0.25, 0.3) is 0 Å². The van der Waals surface area contributed by atoms with E-state index in [0.717, 1.165) is 22.6 Å². The van der Waals surface area contributed by atoms with Crippen molar-refractivity contribution < 1.29 is 23.8 Å². The van der Waals surface area contributed by atoms with Crippen LogP contribution in [0.5, 0.6) is 17.2 Å². The number of thioether (sulfide) groups is 1. The summed E-state index contributed by atoms with van der Waals surface area (Å²) in [6.45, 7) is 3.87. The topological polar surface area (TPSA) is 119 Å². The number of methoxy groups -OCH3 is 3. The van der Waals surface area contributed by atoms with E-state index < -0.39 is 11.9 Å². The Morgan fingerprint density at radius 1 is 0.911 bits per heavy atom. The van der Waals surface area contributed by atoms with Crippen molar-refractivity contribution in [1.82, 2.24) is 19.9 Å². The highest BCUT2D eigenvalue weighted by Crippen LogP contribution is 2.41. The Hall–Kier alpha value is -4.84. The molecule has 236 valence electrons. The first-order valence-electron chi connectivity index (χ1n) is 14.1. The molecule has 0 saturated carbocycles. The molecule has 0 aliphatic rings. The third-order valence-electron chi connectivity index (χ3n) is 6.90. The molecule has 4 rings (SSSR count). The molecule has 0 aliphatic carbocycles. The predicted octanol–water partition coefficient (Wildman–Crippen LogP) is 5.08. The van der Waals surface area contributed by atoms with E-state index >= 15 is 0 Å². The van der Waals surface area contributed by atoms with Gasteiger partial charge in [-0.25, -0.2) is 9.97 Å². The molecule has 0 saturated heterocycles. The number of carbonyl (C=O) groups excluding carboxylic acids is 2. The number of hydrogen-bond donors (Lipinski definition) is 1. The van der Waals surface area contributed by atoms with Gasteiger partial charge in [0.15, 0.2) is 16.7 Å². The van der Waals surface area contributed by atoms with Crippen LogP contribution >= 0.6 is 11.8 Å². The van der Waals surface area contributed by atoms with E-state index in [1.807, 2.05) is 69.2 Å². The highest BCUT2D eigenvalue weighted by Gasteiger charge is 2.34. The summed E-state index contributed by atoms with van der Waals surface area (Å²) in [5, 5.41) is 3.49. The summed E-state index contributed by atoms with van der Waals surface area (Å²) in [6.07, 6.45) is 3.33. The number of aryl methyl sites for hydroxylation is 2. The van der Waals surface area contributed by atoms with Crippen molar-refractivity contribution in [3.63, 3.8) is 0 Å². The Morgan fingerprint density at radius 3 is 2.09 bits per heavy atom. The van der Waals surface area contributed by atoms with Crippen LogP contribution in [-0.4, -0.2) is 72.8 Å². The van der Waals surface area contributed by atoms with Gasteiger partial charge in [-0.15, -0.1) is 0 Å². The SMILES string of the molecule is COc1cc(C(C(=O)Nc2ccc(N(C)C)cc2)N(Cc2cccnc2)C(=O)CSc2nc(C)cc(C)n2)cc(OC)c1OC. The maximum atomic E-state index is 14.3. The van der Waals surface area contributed by atoms with Crippen LogP contribution in [0, 0.1) is 13.8 Å². The second-order valence-electron chi connectivity index (χ2n) is 10.4. The zero-order valence-corrected chi connectivity index (χ0v) is 27.3. The molecular formula is C33H38N6O5S. The predicted molar refractivity (Wildman–Crippen MR) is 175 cm³/mol. The van der Waals surface area contributed by atoms with Gasteiger partial charge in [0.25, 0.3) is 5.91 Å². The van der Waals surface area contributed by atoms with Gasteiger partial charge < -0.3 is 29.3 Å². The lowest BCUT2D eigenvalue weighted by Crippen LogP contribution is -2.42. The number of benzene rings is 2. The van der Waals surface area contributed by atoms with E-state index in [1.54, 1.807) is 30.6 Å². The van der Waals surface area contributed by atoms with E-state index in [9.17, 15) is 9.59 Å². The number of ether oxygens (including phenoxy) is 3. The molecule has 0 radical (unpaired) electrons. The minimum absolute atomic E-state index is 0.00507. The summed E-state index contributed by atoms with van der Waals surface area (Å²) in [5.41, 5.74) is 4.39. The number of nitrogens with zero attached hydrogens (tertiary/aromatic N) is 5. The molecule has 12 heteroatoms. The van der Waals surface area contributed by atoms with Crippen molar-refractivity contribution >= 4 is 35.0 Å². The Morgan fingerprint density at radius 2 is 1.56 bits per heavy atom. The number of hydrogen-bond acceptors (Lipinski definition) is 10. The van der Waals surface area contributed by atoms with Crippen LogP contribution in [0.1, 0.15) is 28.6 Å². The maximum Gasteiger partial charge on any atom is 0.251 e. The van der Waals surface area contributed by atoms with E-state index in [0.29, 0.717) is 33.7 Å². The van der Waals surface area contributed by atoms with Crippen molar-refractivity contribution in [2.75, 3.05) is 51.4 Å². The van der Waals surface area contributed by atoms with Crippen molar-refractivity contribution in [3.8, 4) is 17.2 Å². The molecule has 2 heterocycles. The number of aromatic nitrogens is 3. The average Bonchev–Trinajstić information content (AvgIpc) is 3.03. The van der Waals surface area contributed by atoms with Gasteiger partial charge in [0.05, 0.1) is 27.1 Å². The lowest BCUT2D eigenvalue weighted by Gasteiger charge is -2.32. The first kappa shape index (κ1) is 33.1. The summed E-state index contributed by atoms with van der Waals surface area (Å²) >= 11 is 1.21. The first-order valence-corrected chi connectivity index (χ1v) is 15.1. The molecule has 0 bridgehead atoms. The normalized spacial score (nSPS) is 11.4. The van der Waals surface area contributed by atoms with Crippen LogP contribution in [0.15, 0.2) is 72.1 Å². The summed E-state index contributed by atoms with van der Waals surface area (Å²) in [6, 6.07) is 15.2. The number of anilines is 2. The summed E-state index contributed by atoms with van der Waals surface area (Å²) in [7, 11) is 8.39. The van der Waals surface area contributed by atoms with Gasteiger partial charge >= 0.3 is 0 Å². The zero-order valence-electron chi connectivity index (χ0n) is 26.5. The Kier molecular flexibility index (Phi) is 11.2. The number of nitrogens with one attached hydrogen (secondary N) is 1. The average molecular weight is 631 g/mol. The molecular weight excluding hydrogens is 592 g/mol. The van der Waals surface area contributed by atoms with Crippen LogP contribution in [0.4, 0.5) is 11.4 Å². The van der Waals surface area contributed by atoms with E-state index in [4.69, 9.17) is 14.2 Å².